The van der Waals surface area contributed by atoms with Gasteiger partial charge in [0.25, 0.3) is 5.91 Å². The summed E-state index contributed by atoms with van der Waals surface area (Å²) in [6.07, 6.45) is 0. The van der Waals surface area contributed by atoms with Gasteiger partial charge in [-0.25, -0.2) is 0 Å². The molecule has 2 rings (SSSR count). The van der Waals surface area contributed by atoms with E-state index < -0.39 is 0 Å². The van der Waals surface area contributed by atoms with Crippen LogP contribution in [0.1, 0.15) is 29.8 Å². The maximum absolute atomic E-state index is 12.8. The first-order valence-corrected chi connectivity index (χ1v) is 8.24. The van der Waals surface area contributed by atoms with E-state index in [9.17, 15) is 4.79 Å². The molecule has 0 saturated heterocycles. The van der Waals surface area contributed by atoms with Crippen LogP contribution in [-0.2, 0) is 6.54 Å². The van der Waals surface area contributed by atoms with Crippen molar-refractivity contribution in [3.63, 3.8) is 0 Å². The van der Waals surface area contributed by atoms with Crippen LogP contribution in [0.25, 0.3) is 0 Å². The first kappa shape index (κ1) is 16.3. The normalized spacial score (nSPS) is 10.7. The second-order valence-electron chi connectivity index (χ2n) is 5.14. The Morgan fingerprint density at radius 3 is 2.48 bits per heavy atom. The minimum Gasteiger partial charge on any atom is -0.332 e. The zero-order valence-corrected chi connectivity index (χ0v) is 14.9. The van der Waals surface area contributed by atoms with E-state index in [1.165, 1.54) is 0 Å². The molecule has 0 aromatic heterocycles. The molecule has 2 nitrogen and oxygen atoms in total. The van der Waals surface area contributed by atoms with E-state index in [0.717, 1.165) is 9.13 Å². The SMILES string of the molecule is CC(C)N(Cc1ccccc1)C(=O)c1cc(Cl)ccc1I. The number of carbonyl (C=O) groups excluding carboxylic acids is 1. The van der Waals surface area contributed by atoms with Crippen molar-refractivity contribution in [3.05, 3.63) is 68.3 Å². The van der Waals surface area contributed by atoms with Crippen LogP contribution >= 0.6 is 34.2 Å². The Kier molecular flexibility index (Phi) is 5.65. The summed E-state index contributed by atoms with van der Waals surface area (Å²) < 4.78 is 0.917. The third-order valence-electron chi connectivity index (χ3n) is 3.24. The number of carbonyl (C=O) groups is 1. The lowest BCUT2D eigenvalue weighted by Crippen LogP contribution is -2.36. The maximum Gasteiger partial charge on any atom is 0.255 e. The predicted molar refractivity (Wildman–Crippen MR) is 95.6 cm³/mol. The number of halogens is 2. The number of benzene rings is 2. The highest BCUT2D eigenvalue weighted by Crippen LogP contribution is 2.21. The third kappa shape index (κ3) is 4.20. The molecule has 0 bridgehead atoms. The van der Waals surface area contributed by atoms with E-state index in [1.54, 1.807) is 12.1 Å². The Labute approximate surface area is 144 Å². The highest BCUT2D eigenvalue weighted by atomic mass is 127. The van der Waals surface area contributed by atoms with Gasteiger partial charge in [-0.05, 0) is 60.2 Å². The van der Waals surface area contributed by atoms with Gasteiger partial charge in [-0.15, -0.1) is 0 Å². The number of rotatable bonds is 4. The van der Waals surface area contributed by atoms with Crippen molar-refractivity contribution in [2.75, 3.05) is 0 Å². The Morgan fingerprint density at radius 1 is 1.19 bits per heavy atom. The van der Waals surface area contributed by atoms with Gasteiger partial charge < -0.3 is 4.90 Å². The average molecular weight is 414 g/mol. The molecule has 1 amide bonds. The summed E-state index contributed by atoms with van der Waals surface area (Å²) in [6, 6.07) is 15.6. The molecular formula is C17H17ClINO. The molecule has 0 heterocycles. The van der Waals surface area contributed by atoms with E-state index in [2.05, 4.69) is 22.6 Å². The van der Waals surface area contributed by atoms with Gasteiger partial charge in [0.1, 0.15) is 0 Å². The molecule has 0 aliphatic rings. The number of hydrogen-bond acceptors (Lipinski definition) is 1. The summed E-state index contributed by atoms with van der Waals surface area (Å²) in [4.78, 5) is 14.7. The highest BCUT2D eigenvalue weighted by molar-refractivity contribution is 14.1. The average Bonchev–Trinajstić information content (AvgIpc) is 2.47. The second-order valence-corrected chi connectivity index (χ2v) is 6.74. The monoisotopic (exact) mass is 413 g/mol. The molecule has 0 aliphatic heterocycles. The Balaban J connectivity index is 2.30. The third-order valence-corrected chi connectivity index (χ3v) is 4.41. The van der Waals surface area contributed by atoms with Gasteiger partial charge in [-0.3, -0.25) is 4.79 Å². The molecule has 2 aromatic carbocycles. The quantitative estimate of drug-likeness (QED) is 0.646. The summed E-state index contributed by atoms with van der Waals surface area (Å²) >= 11 is 8.21. The maximum atomic E-state index is 12.8. The van der Waals surface area contributed by atoms with E-state index in [0.29, 0.717) is 17.1 Å². The van der Waals surface area contributed by atoms with E-state index in [-0.39, 0.29) is 11.9 Å². The molecule has 0 radical (unpaired) electrons. The number of amides is 1. The van der Waals surface area contributed by atoms with Crippen LogP contribution in [0.15, 0.2) is 48.5 Å². The summed E-state index contributed by atoms with van der Waals surface area (Å²) in [5.41, 5.74) is 1.78. The molecule has 110 valence electrons. The van der Waals surface area contributed by atoms with Crippen molar-refractivity contribution in [1.29, 1.82) is 0 Å². The van der Waals surface area contributed by atoms with Crippen LogP contribution in [0.3, 0.4) is 0 Å². The van der Waals surface area contributed by atoms with Gasteiger partial charge in [0.05, 0.1) is 5.56 Å². The Bertz CT molecular complexity index is 628. The summed E-state index contributed by atoms with van der Waals surface area (Å²) in [5.74, 6) is 0.0146. The fourth-order valence-corrected chi connectivity index (χ4v) is 2.82. The molecular weight excluding hydrogens is 397 g/mol. The molecule has 0 saturated carbocycles. The standard InChI is InChI=1S/C17H17ClINO/c1-12(2)20(11-13-6-4-3-5-7-13)17(21)15-10-14(18)8-9-16(15)19/h3-10,12H,11H2,1-2H3. The van der Waals surface area contributed by atoms with Gasteiger partial charge in [0.15, 0.2) is 0 Å². The van der Waals surface area contributed by atoms with Crippen LogP contribution in [0.4, 0.5) is 0 Å². The molecule has 0 atom stereocenters. The van der Waals surface area contributed by atoms with Crippen LogP contribution in [0.2, 0.25) is 5.02 Å². The zero-order chi connectivity index (χ0) is 15.4. The van der Waals surface area contributed by atoms with Crippen molar-refractivity contribution in [2.45, 2.75) is 26.4 Å². The smallest absolute Gasteiger partial charge is 0.255 e. The minimum atomic E-state index is 0.0146. The summed E-state index contributed by atoms with van der Waals surface area (Å²) in [7, 11) is 0. The molecule has 0 spiro atoms. The molecule has 0 fully saturated rings. The number of nitrogens with zero attached hydrogens (tertiary/aromatic N) is 1. The second kappa shape index (κ2) is 7.27. The lowest BCUT2D eigenvalue weighted by molar-refractivity contribution is 0.0689. The fourth-order valence-electron chi connectivity index (χ4n) is 2.09. The van der Waals surface area contributed by atoms with Gasteiger partial charge in [0.2, 0.25) is 0 Å². The summed E-state index contributed by atoms with van der Waals surface area (Å²) in [6.45, 7) is 4.65. The van der Waals surface area contributed by atoms with Crippen LogP contribution in [0.5, 0.6) is 0 Å². The van der Waals surface area contributed by atoms with Crippen molar-refractivity contribution in [3.8, 4) is 0 Å². The molecule has 2 aromatic rings. The first-order chi connectivity index (χ1) is 9.99. The van der Waals surface area contributed by atoms with Gasteiger partial charge in [-0.2, -0.15) is 0 Å². The fraction of sp³-hybridized carbons (Fsp3) is 0.235. The summed E-state index contributed by atoms with van der Waals surface area (Å²) in [5, 5.41) is 0.585. The Morgan fingerprint density at radius 2 is 1.86 bits per heavy atom. The lowest BCUT2D eigenvalue weighted by Gasteiger charge is -2.27. The van der Waals surface area contributed by atoms with Crippen LogP contribution < -0.4 is 0 Å². The Hall–Kier alpha value is -1.07. The van der Waals surface area contributed by atoms with E-state index in [4.69, 9.17) is 11.6 Å². The van der Waals surface area contributed by atoms with Gasteiger partial charge >= 0.3 is 0 Å². The van der Waals surface area contributed by atoms with E-state index >= 15 is 0 Å². The zero-order valence-electron chi connectivity index (χ0n) is 12.0. The minimum absolute atomic E-state index is 0.0146. The molecule has 4 heteroatoms. The molecule has 0 unspecified atom stereocenters. The predicted octanol–water partition coefficient (Wildman–Crippen LogP) is 5.00. The molecule has 0 N–H and O–H groups in total. The topological polar surface area (TPSA) is 20.3 Å². The van der Waals surface area contributed by atoms with Crippen molar-refractivity contribution < 1.29 is 4.79 Å². The number of hydrogen-bond donors (Lipinski definition) is 0. The van der Waals surface area contributed by atoms with Crippen molar-refractivity contribution >= 4 is 40.1 Å². The molecule has 21 heavy (non-hydrogen) atoms. The highest BCUT2D eigenvalue weighted by Gasteiger charge is 2.21. The van der Waals surface area contributed by atoms with Gasteiger partial charge in [0, 0.05) is 21.2 Å². The van der Waals surface area contributed by atoms with Crippen molar-refractivity contribution in [1.82, 2.24) is 4.90 Å². The van der Waals surface area contributed by atoms with E-state index in [1.807, 2.05) is 55.1 Å². The van der Waals surface area contributed by atoms with Gasteiger partial charge in [-0.1, -0.05) is 41.9 Å². The first-order valence-electron chi connectivity index (χ1n) is 6.79. The van der Waals surface area contributed by atoms with Crippen LogP contribution in [0, 0.1) is 3.57 Å². The van der Waals surface area contributed by atoms with Crippen molar-refractivity contribution in [2.24, 2.45) is 0 Å². The van der Waals surface area contributed by atoms with Crippen LogP contribution in [-0.4, -0.2) is 16.8 Å². The lowest BCUT2D eigenvalue weighted by atomic mass is 10.1. The largest absolute Gasteiger partial charge is 0.332 e. The molecule has 0 aliphatic carbocycles.